The molecule has 0 fully saturated rings. The van der Waals surface area contributed by atoms with Crippen molar-refractivity contribution in [3.05, 3.63) is 97.2 Å². The van der Waals surface area contributed by atoms with Crippen LogP contribution in [0, 0.1) is 0 Å². The monoisotopic (exact) mass is 440 g/mol. The van der Waals surface area contributed by atoms with Crippen LogP contribution in [0.1, 0.15) is 0 Å². The molecule has 0 radical (unpaired) electrons. The fourth-order valence-corrected chi connectivity index (χ4v) is 6.59. The summed E-state index contributed by atoms with van der Waals surface area (Å²) in [5.41, 5.74) is 4.18. The van der Waals surface area contributed by atoms with E-state index >= 15 is 0 Å². The first-order valence-electron chi connectivity index (χ1n) is 11.0. The summed E-state index contributed by atoms with van der Waals surface area (Å²) in [5.74, 6) is 0.915. The van der Waals surface area contributed by atoms with Gasteiger partial charge in [-0.3, -0.25) is 4.57 Å². The molecule has 33 heavy (non-hydrogen) atoms. The number of benzene rings is 4. The molecule has 154 valence electrons. The Morgan fingerprint density at radius 3 is 2.30 bits per heavy atom. The molecule has 4 aromatic carbocycles. The van der Waals surface area contributed by atoms with Gasteiger partial charge in [-0.1, -0.05) is 60.7 Å². The van der Waals surface area contributed by atoms with E-state index in [1.807, 2.05) is 35.7 Å². The summed E-state index contributed by atoms with van der Waals surface area (Å²) in [4.78, 5) is 4.74. The predicted octanol–water partition coefficient (Wildman–Crippen LogP) is 8.45. The van der Waals surface area contributed by atoms with Crippen molar-refractivity contribution in [3.8, 4) is 5.82 Å². The summed E-state index contributed by atoms with van der Waals surface area (Å²) in [7, 11) is 0. The van der Waals surface area contributed by atoms with E-state index in [4.69, 9.17) is 9.40 Å². The predicted molar refractivity (Wildman–Crippen MR) is 139 cm³/mol. The van der Waals surface area contributed by atoms with Gasteiger partial charge in [0.15, 0.2) is 0 Å². The molecule has 8 aromatic rings. The topological polar surface area (TPSA) is 31.0 Å². The van der Waals surface area contributed by atoms with Crippen LogP contribution in [0.4, 0.5) is 0 Å². The number of pyridine rings is 1. The molecule has 3 nitrogen and oxygen atoms in total. The minimum atomic E-state index is 0.915. The molecule has 0 aliphatic heterocycles. The zero-order chi connectivity index (χ0) is 21.5. The van der Waals surface area contributed by atoms with E-state index in [1.165, 1.54) is 30.9 Å². The van der Waals surface area contributed by atoms with E-state index in [9.17, 15) is 0 Å². The highest BCUT2D eigenvalue weighted by Gasteiger charge is 2.25. The molecule has 0 unspecified atom stereocenters. The van der Waals surface area contributed by atoms with Gasteiger partial charge >= 0.3 is 0 Å². The molecule has 0 saturated carbocycles. The van der Waals surface area contributed by atoms with Crippen LogP contribution in [0.2, 0.25) is 0 Å². The summed E-state index contributed by atoms with van der Waals surface area (Å²) in [6, 6.07) is 31.7. The third-order valence-corrected chi connectivity index (χ3v) is 7.81. The molecule has 0 aliphatic carbocycles. The molecule has 4 heterocycles. The lowest BCUT2D eigenvalue weighted by molar-refractivity contribution is 0.673. The van der Waals surface area contributed by atoms with Crippen molar-refractivity contribution < 1.29 is 4.42 Å². The maximum Gasteiger partial charge on any atom is 0.146 e. The first-order chi connectivity index (χ1) is 16.4. The number of thiophene rings is 1. The maximum absolute atomic E-state index is 6.62. The van der Waals surface area contributed by atoms with Crippen molar-refractivity contribution in [1.29, 1.82) is 0 Å². The third kappa shape index (κ3) is 2.16. The summed E-state index contributed by atoms with van der Waals surface area (Å²) >= 11 is 1.85. The van der Waals surface area contributed by atoms with E-state index in [-0.39, 0.29) is 0 Å². The lowest BCUT2D eigenvalue weighted by Crippen LogP contribution is -1.96. The molecule has 0 atom stereocenters. The lowest BCUT2D eigenvalue weighted by atomic mass is 10.0. The minimum absolute atomic E-state index is 0.915. The quantitative estimate of drug-likeness (QED) is 0.256. The number of hydrogen-bond acceptors (Lipinski definition) is 3. The van der Waals surface area contributed by atoms with Crippen LogP contribution in [-0.4, -0.2) is 9.55 Å². The summed E-state index contributed by atoms with van der Waals surface area (Å²) in [6.07, 6.45) is 1.86. The largest absolute Gasteiger partial charge is 0.455 e. The van der Waals surface area contributed by atoms with Gasteiger partial charge in [0.25, 0.3) is 0 Å². The highest BCUT2D eigenvalue weighted by atomic mass is 32.1. The highest BCUT2D eigenvalue weighted by molar-refractivity contribution is 7.27. The molecule has 4 heteroatoms. The Morgan fingerprint density at radius 1 is 0.667 bits per heavy atom. The van der Waals surface area contributed by atoms with Crippen LogP contribution < -0.4 is 0 Å². The van der Waals surface area contributed by atoms with E-state index < -0.39 is 0 Å². The number of furan rings is 1. The summed E-state index contributed by atoms with van der Waals surface area (Å²) in [6.45, 7) is 0. The van der Waals surface area contributed by atoms with Crippen molar-refractivity contribution in [2.45, 2.75) is 0 Å². The Balaban J connectivity index is 1.80. The number of hydrogen-bond donors (Lipinski definition) is 0. The van der Waals surface area contributed by atoms with Crippen LogP contribution in [0.3, 0.4) is 0 Å². The molecular formula is C29H16N2OS. The van der Waals surface area contributed by atoms with Crippen LogP contribution in [-0.2, 0) is 0 Å². The first-order valence-corrected chi connectivity index (χ1v) is 11.8. The molecule has 0 amide bonds. The smallest absolute Gasteiger partial charge is 0.146 e. The third-order valence-electron chi connectivity index (χ3n) is 6.64. The molecule has 4 aromatic heterocycles. The molecule has 0 spiro atoms. The lowest BCUT2D eigenvalue weighted by Gasteiger charge is -2.07. The number of rotatable bonds is 1. The summed E-state index contributed by atoms with van der Waals surface area (Å²) < 4.78 is 11.5. The Morgan fingerprint density at radius 2 is 1.42 bits per heavy atom. The van der Waals surface area contributed by atoms with Crippen molar-refractivity contribution in [1.82, 2.24) is 9.55 Å². The molecule has 8 rings (SSSR count). The van der Waals surface area contributed by atoms with Crippen LogP contribution in [0.15, 0.2) is 102 Å². The zero-order valence-corrected chi connectivity index (χ0v) is 18.3. The van der Waals surface area contributed by atoms with E-state index in [1.54, 1.807) is 0 Å². The van der Waals surface area contributed by atoms with E-state index in [0.29, 0.717) is 0 Å². The van der Waals surface area contributed by atoms with Gasteiger partial charge in [-0.25, -0.2) is 4.98 Å². The van der Waals surface area contributed by atoms with Crippen LogP contribution >= 0.6 is 11.3 Å². The Hall–Kier alpha value is -4.15. The van der Waals surface area contributed by atoms with Crippen LogP contribution in [0.5, 0.6) is 0 Å². The highest BCUT2D eigenvalue weighted by Crippen LogP contribution is 2.50. The van der Waals surface area contributed by atoms with Crippen molar-refractivity contribution in [3.63, 3.8) is 0 Å². The van der Waals surface area contributed by atoms with Gasteiger partial charge < -0.3 is 4.42 Å². The van der Waals surface area contributed by atoms with Gasteiger partial charge in [-0.2, -0.15) is 0 Å². The Kier molecular flexibility index (Phi) is 3.28. The first kappa shape index (κ1) is 17.4. The normalized spacial score (nSPS) is 12.2. The standard InChI is InChI=1S/C29H16N2OS/c1-4-12-20-17(9-1)26-27(31(20)23-15-7-8-16-30-23)29-25(19-11-3-6-14-22(19)33-29)24-18-10-2-5-13-21(18)32-28(24)26/h1-16H. The fourth-order valence-electron chi connectivity index (χ4n) is 5.34. The van der Waals surface area contributed by atoms with Crippen molar-refractivity contribution in [2.24, 2.45) is 0 Å². The molecule has 0 aliphatic rings. The number of aromatic nitrogens is 2. The molecule has 0 bridgehead atoms. The number of fused-ring (bicyclic) bond motifs is 12. The van der Waals surface area contributed by atoms with Gasteiger partial charge in [-0.15, -0.1) is 11.3 Å². The average molecular weight is 441 g/mol. The van der Waals surface area contributed by atoms with Crippen molar-refractivity contribution in [2.75, 3.05) is 0 Å². The SMILES string of the molecule is c1ccc(-n2c3ccccc3c3c4oc5ccccc5c4c4c5ccccc5sc4c32)nc1. The van der Waals surface area contributed by atoms with Gasteiger partial charge in [0.2, 0.25) is 0 Å². The van der Waals surface area contributed by atoms with E-state index in [0.717, 1.165) is 38.8 Å². The Bertz CT molecular complexity index is 2030. The van der Waals surface area contributed by atoms with E-state index in [2.05, 4.69) is 77.4 Å². The van der Waals surface area contributed by atoms with Gasteiger partial charge in [0.05, 0.1) is 21.1 Å². The van der Waals surface area contributed by atoms with Gasteiger partial charge in [0.1, 0.15) is 17.0 Å². The maximum atomic E-state index is 6.62. The second-order valence-corrected chi connectivity index (χ2v) is 9.42. The summed E-state index contributed by atoms with van der Waals surface area (Å²) in [5, 5.41) is 7.24. The molecular weight excluding hydrogens is 424 g/mol. The zero-order valence-electron chi connectivity index (χ0n) is 17.4. The number of para-hydroxylation sites is 2. The van der Waals surface area contributed by atoms with Gasteiger partial charge in [0, 0.05) is 37.8 Å². The average Bonchev–Trinajstić information content (AvgIpc) is 3.53. The minimum Gasteiger partial charge on any atom is -0.455 e. The van der Waals surface area contributed by atoms with Crippen molar-refractivity contribution >= 4 is 75.3 Å². The Labute approximate surface area is 192 Å². The molecule has 0 saturated heterocycles. The van der Waals surface area contributed by atoms with Crippen LogP contribution in [0.25, 0.3) is 69.7 Å². The van der Waals surface area contributed by atoms with Gasteiger partial charge in [-0.05, 0) is 30.3 Å². The molecule has 0 N–H and O–H groups in total. The second kappa shape index (κ2) is 6.21. The fraction of sp³-hybridized carbons (Fsp3) is 0. The number of nitrogens with zero attached hydrogens (tertiary/aromatic N) is 2. The second-order valence-electron chi connectivity index (χ2n) is 8.37.